The van der Waals surface area contributed by atoms with Gasteiger partial charge in [0.2, 0.25) is 0 Å². The smallest absolute Gasteiger partial charge is 0.0558 e. The molecule has 2 nitrogen and oxygen atoms in total. The number of hydrogen-bond donors (Lipinski definition) is 1. The van der Waals surface area contributed by atoms with E-state index < -0.39 is 0 Å². The zero-order valence-electron chi connectivity index (χ0n) is 11.1. The second-order valence-corrected chi connectivity index (χ2v) is 5.57. The average molecular weight is 247 g/mol. The van der Waals surface area contributed by atoms with Crippen LogP contribution >= 0.6 is 11.8 Å². The van der Waals surface area contributed by atoms with Gasteiger partial charge in [0.25, 0.3) is 0 Å². The fourth-order valence-corrected chi connectivity index (χ4v) is 2.40. The molecule has 0 fully saturated rings. The Labute approximate surface area is 106 Å². The molecule has 0 saturated heterocycles. The van der Waals surface area contributed by atoms with E-state index in [1.165, 1.54) is 43.6 Å². The maximum Gasteiger partial charge on any atom is 0.0558 e. The third-order valence-corrected chi connectivity index (χ3v) is 3.70. The molecule has 0 heterocycles. The molecule has 98 valence electrons. The van der Waals surface area contributed by atoms with Crippen LogP contribution in [0.2, 0.25) is 0 Å². The Morgan fingerprint density at radius 2 is 1.69 bits per heavy atom. The van der Waals surface area contributed by atoms with E-state index in [1.54, 1.807) is 0 Å². The highest BCUT2D eigenvalue weighted by Crippen LogP contribution is 2.05. The molecule has 0 unspecified atom stereocenters. The van der Waals surface area contributed by atoms with Gasteiger partial charge in [0.05, 0.1) is 6.61 Å². The van der Waals surface area contributed by atoms with Crippen molar-refractivity contribution < 1.29 is 5.11 Å². The molecule has 0 aliphatic rings. The molecule has 0 bridgehead atoms. The summed E-state index contributed by atoms with van der Waals surface area (Å²) in [6.07, 6.45) is 6.52. The summed E-state index contributed by atoms with van der Waals surface area (Å²) in [5, 5.41) is 9.00. The van der Waals surface area contributed by atoms with Gasteiger partial charge in [0, 0.05) is 6.54 Å². The molecule has 0 rings (SSSR count). The first-order valence-corrected chi connectivity index (χ1v) is 7.91. The molecule has 0 spiro atoms. The normalized spacial score (nSPS) is 11.2. The highest BCUT2D eigenvalue weighted by molar-refractivity contribution is 7.99. The molecule has 0 atom stereocenters. The largest absolute Gasteiger partial charge is 0.395 e. The Kier molecular flexibility index (Phi) is 13.6. The molecular formula is C13H29NOS. The van der Waals surface area contributed by atoms with Crippen LogP contribution in [0.1, 0.15) is 46.0 Å². The number of thioether (sulfide) groups is 1. The van der Waals surface area contributed by atoms with Gasteiger partial charge >= 0.3 is 0 Å². The predicted molar refractivity (Wildman–Crippen MR) is 75.3 cm³/mol. The Bertz CT molecular complexity index is 121. The number of aliphatic hydroxyl groups is 1. The van der Waals surface area contributed by atoms with E-state index in [0.717, 1.165) is 19.6 Å². The highest BCUT2D eigenvalue weighted by Gasteiger charge is 2.03. The molecular weight excluding hydrogens is 218 g/mol. The molecule has 16 heavy (non-hydrogen) atoms. The van der Waals surface area contributed by atoms with Gasteiger partial charge in [-0.2, -0.15) is 11.8 Å². The number of nitrogens with zero attached hydrogens (tertiary/aromatic N) is 1. The standard InChI is InChI=1S/C13H29NOS/c1-3-5-6-7-9-14(11-12-15)10-8-13-16-4-2/h15H,3-13H2,1-2H3. The molecule has 1 N–H and O–H groups in total. The van der Waals surface area contributed by atoms with E-state index in [4.69, 9.17) is 5.11 Å². The Morgan fingerprint density at radius 1 is 0.938 bits per heavy atom. The van der Waals surface area contributed by atoms with Crippen LogP contribution in [0.25, 0.3) is 0 Å². The maximum atomic E-state index is 9.00. The number of rotatable bonds is 12. The van der Waals surface area contributed by atoms with Crippen LogP contribution in [-0.2, 0) is 0 Å². The first kappa shape index (κ1) is 16.3. The lowest BCUT2D eigenvalue weighted by atomic mass is 10.2. The van der Waals surface area contributed by atoms with Crippen LogP contribution in [0.5, 0.6) is 0 Å². The molecule has 0 saturated carbocycles. The predicted octanol–water partition coefficient (Wildman–Crippen LogP) is 3.00. The van der Waals surface area contributed by atoms with Crippen molar-refractivity contribution in [2.75, 3.05) is 37.7 Å². The van der Waals surface area contributed by atoms with Gasteiger partial charge in [0.15, 0.2) is 0 Å². The van der Waals surface area contributed by atoms with Crippen LogP contribution in [0.4, 0.5) is 0 Å². The Balaban J connectivity index is 3.45. The minimum Gasteiger partial charge on any atom is -0.395 e. The van der Waals surface area contributed by atoms with E-state index in [-0.39, 0.29) is 0 Å². The summed E-state index contributed by atoms with van der Waals surface area (Å²) >= 11 is 2.01. The Hall–Kier alpha value is 0.270. The highest BCUT2D eigenvalue weighted by atomic mass is 32.2. The van der Waals surface area contributed by atoms with Crippen molar-refractivity contribution in [3.8, 4) is 0 Å². The van der Waals surface area contributed by atoms with Crippen LogP contribution < -0.4 is 0 Å². The molecule has 0 aromatic rings. The van der Waals surface area contributed by atoms with Crippen LogP contribution in [0.15, 0.2) is 0 Å². The van der Waals surface area contributed by atoms with Crippen LogP contribution in [-0.4, -0.2) is 47.8 Å². The van der Waals surface area contributed by atoms with E-state index in [2.05, 4.69) is 18.7 Å². The average Bonchev–Trinajstić information content (AvgIpc) is 2.30. The lowest BCUT2D eigenvalue weighted by Crippen LogP contribution is -2.29. The minimum atomic E-state index is 0.300. The lowest BCUT2D eigenvalue weighted by Gasteiger charge is -2.21. The molecule has 0 aliphatic heterocycles. The maximum absolute atomic E-state index is 9.00. The van der Waals surface area contributed by atoms with E-state index in [1.807, 2.05) is 11.8 Å². The summed E-state index contributed by atoms with van der Waals surface area (Å²) in [6.45, 7) is 7.92. The number of unbranched alkanes of at least 4 members (excludes halogenated alkanes) is 3. The van der Waals surface area contributed by atoms with Crippen LogP contribution in [0.3, 0.4) is 0 Å². The number of aliphatic hydroxyl groups excluding tert-OH is 1. The number of hydrogen-bond acceptors (Lipinski definition) is 3. The van der Waals surface area contributed by atoms with Gasteiger partial charge in [-0.1, -0.05) is 33.1 Å². The molecule has 0 radical (unpaired) electrons. The minimum absolute atomic E-state index is 0.300. The lowest BCUT2D eigenvalue weighted by molar-refractivity contribution is 0.193. The van der Waals surface area contributed by atoms with Gasteiger partial charge in [-0.05, 0) is 37.4 Å². The molecule has 0 aromatic carbocycles. The second-order valence-electron chi connectivity index (χ2n) is 4.18. The first-order chi connectivity index (χ1) is 7.85. The second kappa shape index (κ2) is 13.3. The molecule has 0 aromatic heterocycles. The molecule has 0 aliphatic carbocycles. The summed E-state index contributed by atoms with van der Waals surface area (Å²) in [7, 11) is 0. The Morgan fingerprint density at radius 3 is 2.31 bits per heavy atom. The first-order valence-electron chi connectivity index (χ1n) is 6.76. The van der Waals surface area contributed by atoms with E-state index in [9.17, 15) is 0 Å². The quantitative estimate of drug-likeness (QED) is 0.536. The monoisotopic (exact) mass is 247 g/mol. The van der Waals surface area contributed by atoms with Gasteiger partial charge in [-0.15, -0.1) is 0 Å². The zero-order chi connectivity index (χ0) is 12.1. The molecule has 3 heteroatoms. The van der Waals surface area contributed by atoms with Crippen molar-refractivity contribution in [3.63, 3.8) is 0 Å². The fourth-order valence-electron chi connectivity index (χ4n) is 1.77. The van der Waals surface area contributed by atoms with Crippen molar-refractivity contribution in [2.24, 2.45) is 0 Å². The van der Waals surface area contributed by atoms with Gasteiger partial charge in [-0.25, -0.2) is 0 Å². The van der Waals surface area contributed by atoms with Crippen LogP contribution in [0, 0.1) is 0 Å². The summed E-state index contributed by atoms with van der Waals surface area (Å²) in [4.78, 5) is 2.41. The topological polar surface area (TPSA) is 23.5 Å². The van der Waals surface area contributed by atoms with E-state index in [0.29, 0.717) is 6.61 Å². The summed E-state index contributed by atoms with van der Waals surface area (Å²) < 4.78 is 0. The van der Waals surface area contributed by atoms with Crippen molar-refractivity contribution in [3.05, 3.63) is 0 Å². The van der Waals surface area contributed by atoms with Crippen molar-refractivity contribution >= 4 is 11.8 Å². The van der Waals surface area contributed by atoms with Gasteiger partial charge < -0.3 is 10.0 Å². The zero-order valence-corrected chi connectivity index (χ0v) is 11.9. The van der Waals surface area contributed by atoms with Crippen molar-refractivity contribution in [1.29, 1.82) is 0 Å². The fraction of sp³-hybridized carbons (Fsp3) is 1.00. The summed E-state index contributed by atoms with van der Waals surface area (Å²) in [6, 6.07) is 0. The summed E-state index contributed by atoms with van der Waals surface area (Å²) in [5.74, 6) is 2.48. The molecule has 0 amide bonds. The van der Waals surface area contributed by atoms with Crippen molar-refractivity contribution in [1.82, 2.24) is 4.90 Å². The van der Waals surface area contributed by atoms with Gasteiger partial charge in [-0.3, -0.25) is 0 Å². The SMILES string of the molecule is CCCCCCN(CCO)CCCSCC. The van der Waals surface area contributed by atoms with E-state index >= 15 is 0 Å². The third-order valence-electron chi connectivity index (χ3n) is 2.71. The summed E-state index contributed by atoms with van der Waals surface area (Å²) in [5.41, 5.74) is 0. The third kappa shape index (κ3) is 10.8. The van der Waals surface area contributed by atoms with Crippen molar-refractivity contribution in [2.45, 2.75) is 46.0 Å². The van der Waals surface area contributed by atoms with Gasteiger partial charge in [0.1, 0.15) is 0 Å².